The highest BCUT2D eigenvalue weighted by atomic mass is 35.5. The molecule has 6 heteroatoms. The van der Waals surface area contributed by atoms with E-state index in [4.69, 9.17) is 33.7 Å². The molecule has 2 aromatic rings. The first-order chi connectivity index (χ1) is 10.5. The second-order valence-electron chi connectivity index (χ2n) is 4.63. The van der Waals surface area contributed by atoms with Crippen molar-refractivity contribution in [3.05, 3.63) is 69.2 Å². The van der Waals surface area contributed by atoms with Gasteiger partial charge in [0.2, 0.25) is 5.91 Å². The van der Waals surface area contributed by atoms with Gasteiger partial charge in [-0.1, -0.05) is 41.4 Å². The molecule has 0 bridgehead atoms. The number of esters is 1. The average molecular weight is 338 g/mol. The molecule has 114 valence electrons. The lowest BCUT2D eigenvalue weighted by molar-refractivity contribution is -0.144. The van der Waals surface area contributed by atoms with E-state index in [2.05, 4.69) is 0 Å². The molecular formula is C16H13Cl2NO3. The monoisotopic (exact) mass is 337 g/mol. The lowest BCUT2D eigenvalue weighted by Gasteiger charge is -2.07. The zero-order valence-corrected chi connectivity index (χ0v) is 13.0. The smallest absolute Gasteiger partial charge is 0.310 e. The molecule has 2 N–H and O–H groups in total. The van der Waals surface area contributed by atoms with Crippen molar-refractivity contribution in [1.82, 2.24) is 0 Å². The first kappa shape index (κ1) is 16.3. The van der Waals surface area contributed by atoms with Crippen LogP contribution in [0.2, 0.25) is 10.0 Å². The normalized spacial score (nSPS) is 10.3. The Bertz CT molecular complexity index is 699. The van der Waals surface area contributed by atoms with Gasteiger partial charge in [-0.2, -0.15) is 0 Å². The van der Waals surface area contributed by atoms with Gasteiger partial charge < -0.3 is 10.5 Å². The van der Waals surface area contributed by atoms with Gasteiger partial charge in [0.15, 0.2) is 0 Å². The van der Waals surface area contributed by atoms with Crippen LogP contribution in [-0.2, 0) is 22.6 Å². The third-order valence-electron chi connectivity index (χ3n) is 2.99. The zero-order valence-electron chi connectivity index (χ0n) is 11.5. The molecule has 2 rings (SSSR count). The largest absolute Gasteiger partial charge is 0.461 e. The summed E-state index contributed by atoms with van der Waals surface area (Å²) in [5.74, 6) is -0.899. The van der Waals surface area contributed by atoms with Crippen LogP contribution in [0.15, 0.2) is 42.5 Å². The summed E-state index contributed by atoms with van der Waals surface area (Å²) in [6.45, 7) is 0.114. The summed E-state index contributed by atoms with van der Waals surface area (Å²) < 4.78 is 5.17. The Balaban J connectivity index is 1.91. The average Bonchev–Trinajstić information content (AvgIpc) is 2.48. The zero-order chi connectivity index (χ0) is 16.1. The lowest BCUT2D eigenvalue weighted by Crippen LogP contribution is -2.11. The van der Waals surface area contributed by atoms with Crippen molar-refractivity contribution in [2.75, 3.05) is 0 Å². The molecule has 0 spiro atoms. The minimum atomic E-state index is -0.499. The molecule has 0 saturated carbocycles. The topological polar surface area (TPSA) is 69.4 Å². The molecule has 0 saturated heterocycles. The van der Waals surface area contributed by atoms with Gasteiger partial charge in [-0.25, -0.2) is 0 Å². The fourth-order valence-corrected chi connectivity index (χ4v) is 2.28. The minimum absolute atomic E-state index is 0.0649. The highest BCUT2D eigenvalue weighted by molar-refractivity contribution is 6.35. The molecule has 0 aliphatic carbocycles. The van der Waals surface area contributed by atoms with Crippen LogP contribution in [0, 0.1) is 0 Å². The van der Waals surface area contributed by atoms with Gasteiger partial charge in [0.1, 0.15) is 6.61 Å². The number of primary amides is 1. The van der Waals surface area contributed by atoms with E-state index >= 15 is 0 Å². The second kappa shape index (κ2) is 7.29. The number of hydrogen-bond donors (Lipinski definition) is 1. The molecule has 0 unspecified atom stereocenters. The molecule has 0 radical (unpaired) electrons. The summed E-state index contributed by atoms with van der Waals surface area (Å²) in [5, 5.41) is 0.937. The minimum Gasteiger partial charge on any atom is -0.461 e. The second-order valence-corrected chi connectivity index (χ2v) is 5.48. The standard InChI is InChI=1S/C16H13Cl2NO3/c17-13-6-5-12(14(18)8-13)7-15(20)22-9-10-1-3-11(4-2-10)16(19)21/h1-6,8H,7,9H2,(H2,19,21). The Hall–Kier alpha value is -2.04. The van der Waals surface area contributed by atoms with Crippen molar-refractivity contribution in [2.45, 2.75) is 13.0 Å². The van der Waals surface area contributed by atoms with Crippen molar-refractivity contribution in [3.63, 3.8) is 0 Å². The van der Waals surface area contributed by atoms with Crippen LogP contribution in [0.1, 0.15) is 21.5 Å². The van der Waals surface area contributed by atoms with Crippen molar-refractivity contribution >= 4 is 35.1 Å². The van der Waals surface area contributed by atoms with E-state index in [-0.39, 0.29) is 13.0 Å². The van der Waals surface area contributed by atoms with E-state index < -0.39 is 11.9 Å². The van der Waals surface area contributed by atoms with Crippen LogP contribution >= 0.6 is 23.2 Å². The van der Waals surface area contributed by atoms with Crippen molar-refractivity contribution in [2.24, 2.45) is 5.73 Å². The van der Waals surface area contributed by atoms with Gasteiger partial charge in [-0.15, -0.1) is 0 Å². The van der Waals surface area contributed by atoms with E-state index in [0.29, 0.717) is 21.2 Å². The Labute approximate surface area is 137 Å². The molecular weight excluding hydrogens is 325 g/mol. The third-order valence-corrected chi connectivity index (χ3v) is 3.58. The number of carbonyl (C=O) groups is 2. The van der Waals surface area contributed by atoms with Crippen LogP contribution in [0.3, 0.4) is 0 Å². The van der Waals surface area contributed by atoms with Crippen LogP contribution in [0.4, 0.5) is 0 Å². The molecule has 2 aromatic carbocycles. The SMILES string of the molecule is NC(=O)c1ccc(COC(=O)Cc2ccc(Cl)cc2Cl)cc1. The molecule has 0 atom stereocenters. The maximum Gasteiger partial charge on any atom is 0.310 e. The van der Waals surface area contributed by atoms with E-state index in [9.17, 15) is 9.59 Å². The fraction of sp³-hybridized carbons (Fsp3) is 0.125. The maximum atomic E-state index is 11.8. The van der Waals surface area contributed by atoms with E-state index in [1.54, 1.807) is 42.5 Å². The van der Waals surface area contributed by atoms with E-state index in [1.807, 2.05) is 0 Å². The van der Waals surface area contributed by atoms with E-state index in [1.165, 1.54) is 0 Å². The van der Waals surface area contributed by atoms with Gasteiger partial charge >= 0.3 is 5.97 Å². The summed E-state index contributed by atoms with van der Waals surface area (Å²) in [7, 11) is 0. The van der Waals surface area contributed by atoms with Gasteiger partial charge in [0.05, 0.1) is 6.42 Å². The van der Waals surface area contributed by atoms with Crippen molar-refractivity contribution < 1.29 is 14.3 Å². The van der Waals surface area contributed by atoms with Crippen molar-refractivity contribution in [3.8, 4) is 0 Å². The molecule has 0 aliphatic rings. The fourth-order valence-electron chi connectivity index (χ4n) is 1.80. The summed E-state index contributed by atoms with van der Waals surface area (Å²) in [4.78, 5) is 22.8. The van der Waals surface area contributed by atoms with Gasteiger partial charge in [0.25, 0.3) is 0 Å². The highest BCUT2D eigenvalue weighted by Crippen LogP contribution is 2.21. The first-order valence-electron chi connectivity index (χ1n) is 6.44. The maximum absolute atomic E-state index is 11.8. The predicted octanol–water partition coefficient (Wildman–Crippen LogP) is 3.38. The molecule has 0 fully saturated rings. The van der Waals surface area contributed by atoms with Crippen LogP contribution < -0.4 is 5.73 Å². The molecule has 4 nitrogen and oxygen atoms in total. The number of hydrogen-bond acceptors (Lipinski definition) is 3. The summed E-state index contributed by atoms with van der Waals surface area (Å²) >= 11 is 11.8. The quantitative estimate of drug-likeness (QED) is 0.850. The predicted molar refractivity (Wildman–Crippen MR) is 84.9 cm³/mol. The number of amides is 1. The Morgan fingerprint density at radius 2 is 1.73 bits per heavy atom. The molecule has 0 aromatic heterocycles. The molecule has 0 aliphatic heterocycles. The van der Waals surface area contributed by atoms with E-state index in [0.717, 1.165) is 5.56 Å². The highest BCUT2D eigenvalue weighted by Gasteiger charge is 2.09. The Morgan fingerprint density at radius 3 is 2.32 bits per heavy atom. The summed E-state index contributed by atoms with van der Waals surface area (Å²) in [6.07, 6.45) is 0.0649. The molecule has 22 heavy (non-hydrogen) atoms. The summed E-state index contributed by atoms with van der Waals surface area (Å²) in [5.41, 5.74) is 6.97. The summed E-state index contributed by atoms with van der Waals surface area (Å²) in [6, 6.07) is 11.5. The van der Waals surface area contributed by atoms with Crippen LogP contribution in [0.25, 0.3) is 0 Å². The van der Waals surface area contributed by atoms with Crippen molar-refractivity contribution in [1.29, 1.82) is 0 Å². The number of benzene rings is 2. The van der Waals surface area contributed by atoms with Gasteiger partial charge in [-0.3, -0.25) is 9.59 Å². The Morgan fingerprint density at radius 1 is 1.05 bits per heavy atom. The van der Waals surface area contributed by atoms with Gasteiger partial charge in [0, 0.05) is 15.6 Å². The molecule has 0 heterocycles. The number of halogens is 2. The van der Waals surface area contributed by atoms with Crippen LogP contribution in [0.5, 0.6) is 0 Å². The number of ether oxygens (including phenoxy) is 1. The number of nitrogens with two attached hydrogens (primary N) is 1. The first-order valence-corrected chi connectivity index (χ1v) is 7.19. The Kier molecular flexibility index (Phi) is 5.41. The number of carbonyl (C=O) groups excluding carboxylic acids is 2. The molecule has 1 amide bonds. The van der Waals surface area contributed by atoms with Crippen LogP contribution in [-0.4, -0.2) is 11.9 Å². The third kappa shape index (κ3) is 4.48. The number of rotatable bonds is 5. The van der Waals surface area contributed by atoms with Gasteiger partial charge in [-0.05, 0) is 35.4 Å². The lowest BCUT2D eigenvalue weighted by atomic mass is 10.1.